The fraction of sp³-hybridized carbons (Fsp3) is 0.857. The van der Waals surface area contributed by atoms with Gasteiger partial charge in [-0.3, -0.25) is 9.13 Å². The molecule has 0 rings (SSSR count). The van der Waals surface area contributed by atoms with Crippen LogP contribution in [-0.4, -0.2) is 43.1 Å². The van der Waals surface area contributed by atoms with Crippen molar-refractivity contribution >= 4 is 31.8 Å². The van der Waals surface area contributed by atoms with Crippen molar-refractivity contribution in [2.24, 2.45) is 0 Å². The Hall–Kier alpha value is -0.146. The first-order valence-electron chi connectivity index (χ1n) is 11.8. The van der Waals surface area contributed by atoms with E-state index >= 15 is 0 Å². The largest absolute Gasteiger partial charge is 0.533 e. The predicted molar refractivity (Wildman–Crippen MR) is 140 cm³/mol. The highest BCUT2D eigenvalue weighted by molar-refractivity contribution is 7.59. The summed E-state index contributed by atoms with van der Waals surface area (Å²) in [6, 6.07) is 0. The monoisotopic (exact) mass is 544 g/mol. The molecule has 0 unspecified atom stereocenters. The van der Waals surface area contributed by atoms with Crippen molar-refractivity contribution < 1.29 is 36.1 Å². The molecule has 0 heterocycles. The average molecular weight is 545 g/mol. The van der Waals surface area contributed by atoms with Crippen LogP contribution in [0.4, 0.5) is 0 Å². The highest BCUT2D eigenvalue weighted by Gasteiger charge is 2.40. The van der Waals surface area contributed by atoms with Gasteiger partial charge in [0.25, 0.3) is 0 Å². The normalized spacial score (nSPS) is 12.9. The van der Waals surface area contributed by atoms with Crippen molar-refractivity contribution in [1.29, 1.82) is 0 Å². The Labute approximate surface area is 203 Å². The smallest absolute Gasteiger partial charge is 0.402 e. The molecular weight excluding hydrogens is 498 g/mol. The molecule has 0 spiro atoms. The molecule has 196 valence electrons. The summed E-state index contributed by atoms with van der Waals surface area (Å²) in [6.07, 6.45) is 2.55. The van der Waals surface area contributed by atoms with Crippen LogP contribution in [-0.2, 0) is 36.1 Å². The molecular formula is C21H46O8P2Si2. The number of hydrogen-bond donors (Lipinski definition) is 0. The fourth-order valence-corrected chi connectivity index (χ4v) is 8.80. The van der Waals surface area contributed by atoms with E-state index < -0.39 is 31.8 Å². The van der Waals surface area contributed by atoms with Gasteiger partial charge in [0.05, 0.1) is 26.4 Å². The second kappa shape index (κ2) is 15.1. The van der Waals surface area contributed by atoms with E-state index in [0.717, 1.165) is 0 Å². The van der Waals surface area contributed by atoms with E-state index in [1.54, 1.807) is 0 Å². The van der Waals surface area contributed by atoms with Gasteiger partial charge < -0.3 is 26.9 Å². The molecule has 0 amide bonds. The molecule has 8 nitrogen and oxygen atoms in total. The highest BCUT2D eigenvalue weighted by atomic mass is 31.2. The first-order chi connectivity index (χ1) is 15.2. The Balaban J connectivity index is 7.13. The SMILES string of the molecule is CCCOP(=O)(OCCC)C(=C=C(O[Si](C)(C)C)P(=O)(OCCC)OCCC)O[Si](C)(C)C. The van der Waals surface area contributed by atoms with Crippen LogP contribution in [0.5, 0.6) is 0 Å². The molecule has 0 fully saturated rings. The molecule has 0 saturated heterocycles. The fourth-order valence-electron chi connectivity index (χ4n) is 2.13. The van der Waals surface area contributed by atoms with Gasteiger partial charge in [-0.2, -0.15) is 0 Å². The molecule has 0 bridgehead atoms. The van der Waals surface area contributed by atoms with Crippen LogP contribution in [0.25, 0.3) is 0 Å². The summed E-state index contributed by atoms with van der Waals surface area (Å²) in [5.41, 5.74) is 2.66. The molecule has 0 aliphatic carbocycles. The predicted octanol–water partition coefficient (Wildman–Crippen LogP) is 8.06. The minimum absolute atomic E-state index is 0.128. The lowest BCUT2D eigenvalue weighted by atomic mass is 10.5. The summed E-state index contributed by atoms with van der Waals surface area (Å²) in [6.45, 7) is 20.1. The zero-order valence-corrected chi connectivity index (χ0v) is 26.1. The molecule has 12 heteroatoms. The van der Waals surface area contributed by atoms with Crippen LogP contribution in [0.1, 0.15) is 53.4 Å². The lowest BCUT2D eigenvalue weighted by Gasteiger charge is -2.28. The van der Waals surface area contributed by atoms with Gasteiger partial charge in [0.15, 0.2) is 0 Å². The Kier molecular flexibility index (Phi) is 15.0. The first-order valence-corrected chi connectivity index (χ1v) is 21.7. The van der Waals surface area contributed by atoms with Crippen molar-refractivity contribution in [3.8, 4) is 0 Å². The summed E-state index contributed by atoms with van der Waals surface area (Å²) < 4.78 is 62.9. The first kappa shape index (κ1) is 32.9. The van der Waals surface area contributed by atoms with Crippen LogP contribution >= 0.6 is 15.2 Å². The summed E-state index contributed by atoms with van der Waals surface area (Å²) >= 11 is 0. The maximum atomic E-state index is 13.9. The molecule has 0 saturated carbocycles. The van der Waals surface area contributed by atoms with E-state index in [4.69, 9.17) is 26.9 Å². The molecule has 0 radical (unpaired) electrons. The second-order valence-electron chi connectivity index (χ2n) is 9.49. The van der Waals surface area contributed by atoms with Crippen LogP contribution < -0.4 is 0 Å². The molecule has 0 aromatic carbocycles. The minimum Gasteiger partial charge on any atom is -0.533 e. The maximum absolute atomic E-state index is 13.9. The van der Waals surface area contributed by atoms with Gasteiger partial charge in [-0.05, 0) is 70.7 Å². The van der Waals surface area contributed by atoms with Gasteiger partial charge in [0, 0.05) is 0 Å². The van der Waals surface area contributed by atoms with Crippen LogP contribution in [0.3, 0.4) is 0 Å². The molecule has 0 aliphatic rings. The topological polar surface area (TPSA) is 89.5 Å². The minimum atomic E-state index is -3.90. The van der Waals surface area contributed by atoms with Gasteiger partial charge in [0.2, 0.25) is 27.6 Å². The van der Waals surface area contributed by atoms with Crippen LogP contribution in [0.2, 0.25) is 39.3 Å². The van der Waals surface area contributed by atoms with Gasteiger partial charge in [0.1, 0.15) is 0 Å². The van der Waals surface area contributed by atoms with E-state index in [0.29, 0.717) is 25.7 Å². The van der Waals surface area contributed by atoms with Gasteiger partial charge in [-0.25, -0.2) is 0 Å². The van der Waals surface area contributed by atoms with E-state index in [9.17, 15) is 9.13 Å². The summed E-state index contributed by atoms with van der Waals surface area (Å²) in [4.78, 5) is 0. The van der Waals surface area contributed by atoms with Gasteiger partial charge in [-0.15, -0.1) is 0 Å². The summed E-state index contributed by atoms with van der Waals surface area (Å²) in [5, 5.41) is 0. The molecule has 0 atom stereocenters. The third-order valence-electron chi connectivity index (χ3n) is 3.38. The Morgan fingerprint density at radius 2 is 0.818 bits per heavy atom. The van der Waals surface area contributed by atoms with Crippen LogP contribution in [0.15, 0.2) is 16.7 Å². The standard InChI is InChI=1S/C21H46O8P2Si2/c1-11-15-24-30(22,25-16-12-2)20(28-32(5,6)7)19-21(29-33(8,9)10)31(23,26-17-13-3)27-18-14-4/h11-18H2,1-10H3. The molecule has 0 aliphatic heterocycles. The quantitative estimate of drug-likeness (QED) is 0.0741. The molecule has 0 aromatic rings. The summed E-state index contributed by atoms with van der Waals surface area (Å²) in [5.74, 6) is 0. The van der Waals surface area contributed by atoms with Gasteiger partial charge in [-0.1, -0.05) is 27.7 Å². The van der Waals surface area contributed by atoms with Crippen LogP contribution in [0, 0.1) is 0 Å². The van der Waals surface area contributed by atoms with Crippen molar-refractivity contribution in [2.75, 3.05) is 26.4 Å². The average Bonchev–Trinajstić information content (AvgIpc) is 2.70. The third kappa shape index (κ3) is 13.5. The zero-order valence-electron chi connectivity index (χ0n) is 22.3. The number of rotatable bonds is 18. The molecule has 0 N–H and O–H groups in total. The molecule has 33 heavy (non-hydrogen) atoms. The van der Waals surface area contributed by atoms with Crippen molar-refractivity contribution in [1.82, 2.24) is 0 Å². The summed E-state index contributed by atoms with van der Waals surface area (Å²) in [7, 11) is -12.4. The second-order valence-corrected chi connectivity index (χ2v) is 22.2. The van der Waals surface area contributed by atoms with Gasteiger partial charge >= 0.3 is 15.2 Å². The lowest BCUT2D eigenvalue weighted by molar-refractivity contribution is 0.196. The van der Waals surface area contributed by atoms with Crippen molar-refractivity contribution in [2.45, 2.75) is 92.7 Å². The van der Waals surface area contributed by atoms with E-state index in [-0.39, 0.29) is 37.4 Å². The Morgan fingerprint density at radius 1 is 0.576 bits per heavy atom. The third-order valence-corrected chi connectivity index (χ3v) is 8.85. The highest BCUT2D eigenvalue weighted by Crippen LogP contribution is 2.61. The van der Waals surface area contributed by atoms with E-state index in [1.165, 1.54) is 0 Å². The Bertz CT molecular complexity index is 656. The van der Waals surface area contributed by atoms with E-state index in [1.807, 2.05) is 67.0 Å². The Morgan fingerprint density at radius 3 is 1.00 bits per heavy atom. The number of hydrogen-bond acceptors (Lipinski definition) is 8. The maximum Gasteiger partial charge on any atom is 0.402 e. The van der Waals surface area contributed by atoms with E-state index in [2.05, 4.69) is 5.73 Å². The van der Waals surface area contributed by atoms with Crippen molar-refractivity contribution in [3.05, 3.63) is 16.7 Å². The zero-order chi connectivity index (χ0) is 25.8. The molecule has 0 aromatic heterocycles. The lowest BCUT2D eigenvalue weighted by Crippen LogP contribution is -2.27. The van der Waals surface area contributed by atoms with Crippen molar-refractivity contribution in [3.63, 3.8) is 0 Å².